The fourth-order valence-electron chi connectivity index (χ4n) is 2.75. The number of amides is 1. The van der Waals surface area contributed by atoms with Gasteiger partial charge in [0.05, 0.1) is 16.6 Å². The molecule has 0 spiro atoms. The molecule has 0 saturated heterocycles. The first-order valence-electron chi connectivity index (χ1n) is 8.51. The Kier molecular flexibility index (Phi) is 4.89. The predicted molar refractivity (Wildman–Crippen MR) is 109 cm³/mol. The molecule has 0 aliphatic carbocycles. The normalized spacial score (nSPS) is 11.4. The summed E-state index contributed by atoms with van der Waals surface area (Å²) in [7, 11) is 0. The van der Waals surface area contributed by atoms with Crippen LogP contribution in [0.15, 0.2) is 47.3 Å². The number of rotatable bonds is 2. The lowest BCUT2D eigenvalue weighted by Crippen LogP contribution is -2.27. The molecule has 3 rings (SSSR count). The number of H-pyrrole nitrogens is 1. The first-order valence-corrected chi connectivity index (χ1v) is 8.92. The first kappa shape index (κ1) is 18.8. The molecule has 0 aliphatic heterocycles. The summed E-state index contributed by atoms with van der Waals surface area (Å²) >= 11 is 5.41. The van der Waals surface area contributed by atoms with Gasteiger partial charge in [-0.1, -0.05) is 18.2 Å². The molecule has 2 N–H and O–H groups in total. The van der Waals surface area contributed by atoms with E-state index >= 15 is 0 Å². The van der Waals surface area contributed by atoms with Gasteiger partial charge >= 0.3 is 6.09 Å². The molecule has 1 amide bonds. The Labute approximate surface area is 161 Å². The highest BCUT2D eigenvalue weighted by Crippen LogP contribution is 2.18. The molecule has 140 valence electrons. The van der Waals surface area contributed by atoms with Crippen LogP contribution in [0.5, 0.6) is 0 Å². The van der Waals surface area contributed by atoms with E-state index in [1.54, 1.807) is 39.0 Å². The third kappa shape index (κ3) is 4.09. The number of hydrogen-bond acceptors (Lipinski definition) is 4. The van der Waals surface area contributed by atoms with Crippen LogP contribution in [-0.4, -0.2) is 21.2 Å². The highest BCUT2D eigenvalue weighted by molar-refractivity contribution is 7.71. The molecule has 0 radical (unpaired) electrons. The van der Waals surface area contributed by atoms with Crippen LogP contribution in [0.25, 0.3) is 16.6 Å². The Morgan fingerprint density at radius 2 is 1.89 bits per heavy atom. The van der Waals surface area contributed by atoms with Gasteiger partial charge in [0.2, 0.25) is 0 Å². The summed E-state index contributed by atoms with van der Waals surface area (Å²) in [5.41, 5.74) is 1.93. The Balaban J connectivity index is 2.04. The molecular weight excluding hydrogens is 362 g/mol. The van der Waals surface area contributed by atoms with Crippen molar-refractivity contribution >= 4 is 34.9 Å². The molecule has 3 aromatic rings. The number of carbonyl (C=O) groups is 1. The van der Waals surface area contributed by atoms with Crippen molar-refractivity contribution in [2.24, 2.45) is 0 Å². The zero-order valence-electron chi connectivity index (χ0n) is 15.6. The zero-order chi connectivity index (χ0) is 19.8. The van der Waals surface area contributed by atoms with E-state index in [2.05, 4.69) is 10.3 Å². The summed E-state index contributed by atoms with van der Waals surface area (Å²) in [6, 6.07) is 12.5. The minimum Gasteiger partial charge on any atom is -0.444 e. The fraction of sp³-hybridized carbons (Fsp3) is 0.250. The van der Waals surface area contributed by atoms with Gasteiger partial charge in [-0.3, -0.25) is 14.7 Å². The SMILES string of the molecule is Cc1ccccc1-n1c(=S)[nH]c2cc(NC(=O)OC(C)(C)C)ccc2c1=O. The predicted octanol–water partition coefficient (Wildman–Crippen LogP) is 4.70. The lowest BCUT2D eigenvalue weighted by Gasteiger charge is -2.19. The van der Waals surface area contributed by atoms with Crippen molar-refractivity contribution in [1.29, 1.82) is 0 Å². The molecule has 0 aliphatic rings. The van der Waals surface area contributed by atoms with Crippen LogP contribution in [0, 0.1) is 11.7 Å². The average molecular weight is 383 g/mol. The monoisotopic (exact) mass is 383 g/mol. The van der Waals surface area contributed by atoms with Gasteiger partial charge in [-0.2, -0.15) is 0 Å². The van der Waals surface area contributed by atoms with Crippen LogP contribution >= 0.6 is 12.2 Å². The van der Waals surface area contributed by atoms with Crippen LogP contribution in [0.1, 0.15) is 26.3 Å². The maximum absolute atomic E-state index is 13.0. The van der Waals surface area contributed by atoms with E-state index < -0.39 is 11.7 Å². The van der Waals surface area contributed by atoms with Crippen molar-refractivity contribution in [3.63, 3.8) is 0 Å². The standard InChI is InChI=1S/C20H21N3O3S/c1-12-7-5-6-8-16(12)23-17(24)14-10-9-13(11-15(14)22-18(23)27)21-19(25)26-20(2,3)4/h5-11H,1-4H3,(H,21,25)(H,22,27). The molecular formula is C20H21N3O3S. The number of ether oxygens (including phenoxy) is 1. The maximum atomic E-state index is 13.0. The molecule has 0 unspecified atom stereocenters. The quantitative estimate of drug-likeness (QED) is 0.629. The molecule has 27 heavy (non-hydrogen) atoms. The van der Waals surface area contributed by atoms with Gasteiger partial charge in [0, 0.05) is 5.69 Å². The number of aromatic nitrogens is 2. The van der Waals surface area contributed by atoms with Gasteiger partial charge in [0.15, 0.2) is 4.77 Å². The number of benzene rings is 2. The number of nitrogens with zero attached hydrogens (tertiary/aromatic N) is 1. The van der Waals surface area contributed by atoms with Crippen LogP contribution in [0.4, 0.5) is 10.5 Å². The van der Waals surface area contributed by atoms with Crippen LogP contribution in [0.2, 0.25) is 0 Å². The van der Waals surface area contributed by atoms with Crippen LogP contribution in [0.3, 0.4) is 0 Å². The number of aryl methyl sites for hydroxylation is 1. The lowest BCUT2D eigenvalue weighted by molar-refractivity contribution is 0.0636. The Hall–Kier alpha value is -2.93. The van der Waals surface area contributed by atoms with Gasteiger partial charge < -0.3 is 9.72 Å². The van der Waals surface area contributed by atoms with Crippen molar-refractivity contribution in [2.75, 3.05) is 5.32 Å². The summed E-state index contributed by atoms with van der Waals surface area (Å²) in [6.45, 7) is 7.29. The number of hydrogen-bond donors (Lipinski definition) is 2. The van der Waals surface area contributed by atoms with Crippen molar-refractivity contribution in [1.82, 2.24) is 9.55 Å². The fourth-order valence-corrected chi connectivity index (χ4v) is 3.04. The van der Waals surface area contributed by atoms with Crippen LogP contribution in [-0.2, 0) is 4.74 Å². The van der Waals surface area contributed by atoms with E-state index in [9.17, 15) is 9.59 Å². The maximum Gasteiger partial charge on any atom is 0.412 e. The molecule has 1 aromatic heterocycles. The van der Waals surface area contributed by atoms with Gasteiger partial charge in [-0.05, 0) is 69.7 Å². The second kappa shape index (κ2) is 7.00. The Morgan fingerprint density at radius 3 is 2.56 bits per heavy atom. The minimum absolute atomic E-state index is 0.216. The van der Waals surface area contributed by atoms with Gasteiger partial charge in [-0.25, -0.2) is 4.79 Å². The summed E-state index contributed by atoms with van der Waals surface area (Å²) in [6.07, 6.45) is -0.561. The summed E-state index contributed by atoms with van der Waals surface area (Å²) in [5.74, 6) is 0. The second-order valence-electron chi connectivity index (χ2n) is 7.24. The van der Waals surface area contributed by atoms with Crippen LogP contribution < -0.4 is 10.9 Å². The second-order valence-corrected chi connectivity index (χ2v) is 7.63. The van der Waals surface area contributed by atoms with E-state index in [0.29, 0.717) is 16.6 Å². The summed E-state index contributed by atoms with van der Waals surface area (Å²) in [4.78, 5) is 28.0. The van der Waals surface area contributed by atoms with E-state index in [-0.39, 0.29) is 10.3 Å². The number of para-hydroxylation sites is 1. The molecule has 2 aromatic carbocycles. The smallest absolute Gasteiger partial charge is 0.412 e. The van der Waals surface area contributed by atoms with Gasteiger partial charge in [-0.15, -0.1) is 0 Å². The molecule has 0 atom stereocenters. The van der Waals surface area contributed by atoms with Crippen molar-refractivity contribution in [3.05, 3.63) is 63.2 Å². The van der Waals surface area contributed by atoms with Crippen molar-refractivity contribution in [2.45, 2.75) is 33.3 Å². The molecule has 1 heterocycles. The van der Waals surface area contributed by atoms with Gasteiger partial charge in [0.25, 0.3) is 5.56 Å². The lowest BCUT2D eigenvalue weighted by atomic mass is 10.2. The van der Waals surface area contributed by atoms with Crippen molar-refractivity contribution < 1.29 is 9.53 Å². The number of aromatic amines is 1. The molecule has 0 bridgehead atoms. The average Bonchev–Trinajstić information content (AvgIpc) is 2.54. The van der Waals surface area contributed by atoms with E-state index in [1.165, 1.54) is 4.57 Å². The summed E-state index contributed by atoms with van der Waals surface area (Å²) < 4.78 is 7.01. The van der Waals surface area contributed by atoms with Crippen molar-refractivity contribution in [3.8, 4) is 5.69 Å². The number of anilines is 1. The van der Waals surface area contributed by atoms with E-state index in [4.69, 9.17) is 17.0 Å². The number of nitrogens with one attached hydrogen (secondary N) is 2. The zero-order valence-corrected chi connectivity index (χ0v) is 16.4. The highest BCUT2D eigenvalue weighted by Gasteiger charge is 2.16. The number of carbonyl (C=O) groups excluding carboxylic acids is 1. The first-order chi connectivity index (χ1) is 12.7. The Bertz CT molecular complexity index is 1140. The topological polar surface area (TPSA) is 76.1 Å². The van der Waals surface area contributed by atoms with Gasteiger partial charge in [0.1, 0.15) is 5.60 Å². The third-order valence-electron chi connectivity index (χ3n) is 3.90. The highest BCUT2D eigenvalue weighted by atomic mass is 32.1. The summed E-state index contributed by atoms with van der Waals surface area (Å²) in [5, 5.41) is 3.13. The van der Waals surface area contributed by atoms with E-state index in [0.717, 1.165) is 11.3 Å². The molecule has 0 fully saturated rings. The third-order valence-corrected chi connectivity index (χ3v) is 4.18. The molecule has 6 nitrogen and oxygen atoms in total. The number of fused-ring (bicyclic) bond motifs is 1. The largest absolute Gasteiger partial charge is 0.444 e. The van der Waals surface area contributed by atoms with E-state index in [1.807, 2.05) is 31.2 Å². The molecule has 0 saturated carbocycles. The Morgan fingerprint density at radius 1 is 1.19 bits per heavy atom. The minimum atomic E-state index is -0.595. The molecule has 7 heteroatoms.